The van der Waals surface area contributed by atoms with Crippen LogP contribution in [0.4, 0.5) is 17.1 Å². The average Bonchev–Trinajstić information content (AvgIpc) is 3.73. The van der Waals surface area contributed by atoms with Crippen molar-refractivity contribution in [2.75, 3.05) is 63.1 Å². The van der Waals surface area contributed by atoms with Gasteiger partial charge in [-0.05, 0) is 129 Å². The number of halogens is 1. The van der Waals surface area contributed by atoms with Gasteiger partial charge in [0.1, 0.15) is 17.2 Å². The minimum absolute atomic E-state index is 0.000749. The second-order valence-corrected chi connectivity index (χ2v) is 19.9. The van der Waals surface area contributed by atoms with E-state index in [1.165, 1.54) is 34.9 Å². The van der Waals surface area contributed by atoms with Gasteiger partial charge in [0.05, 0.1) is 28.0 Å². The predicted molar refractivity (Wildman–Crippen MR) is 247 cm³/mol. The van der Waals surface area contributed by atoms with Gasteiger partial charge in [0.25, 0.3) is 21.6 Å². The Bertz CT molecular complexity index is 2640. The second kappa shape index (κ2) is 18.3. The molecule has 4 N–H and O–H groups in total. The number of anilines is 2. The molecule has 2 aliphatic heterocycles. The third-order valence-electron chi connectivity index (χ3n) is 12.7. The van der Waals surface area contributed by atoms with Crippen molar-refractivity contribution in [2.24, 2.45) is 5.41 Å². The molecule has 4 aromatic carbocycles. The van der Waals surface area contributed by atoms with Gasteiger partial charge >= 0.3 is 0 Å². The SMILES string of the molecule is CN1CCC(Nc2ccc(S(=O)(=O)NC(=O)c3ccc(N4CCN(CC5=C(c6ccc(Cl)cc6)CC(C)(C)CC5)C(CO)C4)cc3Oc3ccc4[nH]ccc4c3)cc2[N+](=O)[O-])CC1. The molecule has 14 nitrogen and oxygen atoms in total. The van der Waals surface area contributed by atoms with Gasteiger partial charge in [-0.15, -0.1) is 0 Å². The zero-order valence-electron chi connectivity index (χ0n) is 35.8. The number of carbonyl (C=O) groups excluding carboxylic acids is 1. The maximum Gasteiger partial charge on any atom is 0.293 e. The van der Waals surface area contributed by atoms with E-state index < -0.39 is 31.4 Å². The smallest absolute Gasteiger partial charge is 0.293 e. The van der Waals surface area contributed by atoms with Crippen LogP contribution in [0, 0.1) is 15.5 Å². The number of piperidine rings is 1. The average molecular weight is 897 g/mol. The van der Waals surface area contributed by atoms with Crippen molar-refractivity contribution < 1.29 is 28.0 Å². The summed E-state index contributed by atoms with van der Waals surface area (Å²) in [5.41, 5.74) is 5.45. The lowest BCUT2D eigenvalue weighted by molar-refractivity contribution is -0.384. The number of ether oxygens (including phenoxy) is 1. The number of amides is 1. The molecule has 1 aliphatic carbocycles. The Balaban J connectivity index is 1.04. The number of nitro benzene ring substituents is 1. The van der Waals surface area contributed by atoms with Crippen LogP contribution in [-0.2, 0) is 10.0 Å². The van der Waals surface area contributed by atoms with E-state index in [0.29, 0.717) is 30.4 Å². The maximum atomic E-state index is 14.0. The van der Waals surface area contributed by atoms with E-state index in [2.05, 4.69) is 55.7 Å². The van der Waals surface area contributed by atoms with Gasteiger partial charge in [-0.25, -0.2) is 13.1 Å². The highest BCUT2D eigenvalue weighted by atomic mass is 35.5. The molecule has 1 atom stereocenters. The lowest BCUT2D eigenvalue weighted by atomic mass is 9.72. The zero-order chi connectivity index (χ0) is 44.5. The molecule has 0 saturated carbocycles. The van der Waals surface area contributed by atoms with Crippen LogP contribution in [0.5, 0.6) is 11.5 Å². The fourth-order valence-corrected chi connectivity index (χ4v) is 10.1. The minimum Gasteiger partial charge on any atom is -0.456 e. The molecule has 1 amide bonds. The number of aromatic amines is 1. The number of aliphatic hydroxyl groups excluding tert-OH is 1. The summed E-state index contributed by atoms with van der Waals surface area (Å²) in [4.78, 5) is 34.9. The van der Waals surface area contributed by atoms with Crippen LogP contribution in [0.1, 0.15) is 61.9 Å². The Morgan fingerprint density at radius 3 is 2.52 bits per heavy atom. The van der Waals surface area contributed by atoms with Gasteiger partial charge in [-0.3, -0.25) is 19.8 Å². The molecule has 3 aliphatic rings. The highest BCUT2D eigenvalue weighted by Gasteiger charge is 2.33. The normalized spacial score (nSPS) is 19.0. The first-order valence-corrected chi connectivity index (χ1v) is 23.3. The number of aliphatic hydroxyl groups is 1. The monoisotopic (exact) mass is 895 g/mol. The van der Waals surface area contributed by atoms with Crippen molar-refractivity contribution in [3.63, 3.8) is 0 Å². The Kier molecular flexibility index (Phi) is 12.9. The number of sulfonamides is 1. The van der Waals surface area contributed by atoms with Crippen molar-refractivity contribution in [2.45, 2.75) is 62.9 Å². The van der Waals surface area contributed by atoms with Crippen LogP contribution in [0.2, 0.25) is 5.02 Å². The lowest BCUT2D eigenvalue weighted by Crippen LogP contribution is -2.55. The summed E-state index contributed by atoms with van der Waals surface area (Å²) in [5.74, 6) is -0.420. The van der Waals surface area contributed by atoms with Crippen LogP contribution in [0.25, 0.3) is 16.5 Å². The number of hydrogen-bond acceptors (Lipinski definition) is 11. The van der Waals surface area contributed by atoms with E-state index in [-0.39, 0.29) is 41.1 Å². The number of piperazine rings is 1. The van der Waals surface area contributed by atoms with E-state index in [1.54, 1.807) is 18.2 Å². The van der Waals surface area contributed by atoms with Crippen LogP contribution in [0.15, 0.2) is 102 Å². The predicted octanol–water partition coefficient (Wildman–Crippen LogP) is 8.29. The molecule has 0 spiro atoms. The summed E-state index contributed by atoms with van der Waals surface area (Å²) >= 11 is 6.25. The Labute approximate surface area is 373 Å². The molecular formula is C47H54ClN7O7S. The van der Waals surface area contributed by atoms with E-state index >= 15 is 0 Å². The molecule has 8 rings (SSSR count). The first-order valence-electron chi connectivity index (χ1n) is 21.4. The third kappa shape index (κ3) is 10.2. The van der Waals surface area contributed by atoms with Crippen LogP contribution in [0.3, 0.4) is 0 Å². The number of fused-ring (bicyclic) bond motifs is 1. The molecule has 16 heteroatoms. The topological polar surface area (TPSA) is 173 Å². The highest BCUT2D eigenvalue weighted by molar-refractivity contribution is 7.90. The number of nitrogens with zero attached hydrogens (tertiary/aromatic N) is 4. The van der Waals surface area contributed by atoms with Gasteiger partial charge in [0.15, 0.2) is 0 Å². The summed E-state index contributed by atoms with van der Waals surface area (Å²) in [6.07, 6.45) is 6.38. The molecule has 63 heavy (non-hydrogen) atoms. The number of hydrogen-bond donors (Lipinski definition) is 4. The number of H-pyrrole nitrogens is 1. The zero-order valence-corrected chi connectivity index (χ0v) is 37.3. The van der Waals surface area contributed by atoms with Crippen molar-refractivity contribution in [3.05, 3.63) is 123 Å². The Morgan fingerprint density at radius 1 is 1.00 bits per heavy atom. The number of aromatic nitrogens is 1. The number of rotatable bonds is 13. The van der Waals surface area contributed by atoms with Gasteiger partial charge in [0, 0.05) is 72.2 Å². The summed E-state index contributed by atoms with van der Waals surface area (Å²) < 4.78 is 36.0. The number of carbonyl (C=O) groups is 1. The van der Waals surface area contributed by atoms with Crippen molar-refractivity contribution >= 4 is 61.1 Å². The van der Waals surface area contributed by atoms with E-state index in [4.69, 9.17) is 16.3 Å². The molecule has 5 aromatic rings. The summed E-state index contributed by atoms with van der Waals surface area (Å²) in [6, 6.07) is 23.8. The van der Waals surface area contributed by atoms with Crippen LogP contribution >= 0.6 is 11.6 Å². The number of benzene rings is 4. The minimum atomic E-state index is -4.57. The quantitative estimate of drug-likeness (QED) is 0.0662. The first kappa shape index (κ1) is 44.2. The van der Waals surface area contributed by atoms with E-state index in [1.807, 2.05) is 43.6 Å². The van der Waals surface area contributed by atoms with Gasteiger partial charge < -0.3 is 29.9 Å². The molecule has 332 valence electrons. The Hall–Kier alpha value is -5.45. The molecule has 0 bridgehead atoms. The molecule has 1 unspecified atom stereocenters. The molecule has 3 heterocycles. The van der Waals surface area contributed by atoms with Gasteiger partial charge in [-0.1, -0.05) is 43.2 Å². The fraction of sp³-hybridized carbons (Fsp3) is 0.383. The maximum absolute atomic E-state index is 14.0. The molecular weight excluding hydrogens is 842 g/mol. The lowest BCUT2D eigenvalue weighted by Gasteiger charge is -2.43. The number of likely N-dealkylation sites (tertiary alicyclic amines) is 1. The second-order valence-electron chi connectivity index (χ2n) is 17.8. The van der Waals surface area contributed by atoms with Crippen LogP contribution < -0.4 is 19.7 Å². The fourth-order valence-electron chi connectivity index (χ4n) is 8.98. The summed E-state index contributed by atoms with van der Waals surface area (Å²) in [7, 11) is -2.56. The van der Waals surface area contributed by atoms with Crippen LogP contribution in [-0.4, -0.2) is 104 Å². The largest absolute Gasteiger partial charge is 0.456 e. The summed E-state index contributed by atoms with van der Waals surface area (Å²) in [5, 5.41) is 27.7. The van der Waals surface area contributed by atoms with E-state index in [0.717, 1.165) is 74.4 Å². The first-order chi connectivity index (χ1) is 30.1. The van der Waals surface area contributed by atoms with E-state index in [9.17, 15) is 28.4 Å². The third-order valence-corrected chi connectivity index (χ3v) is 14.3. The van der Waals surface area contributed by atoms with Gasteiger partial charge in [0.2, 0.25) is 0 Å². The molecule has 0 radical (unpaired) electrons. The molecule has 2 fully saturated rings. The van der Waals surface area contributed by atoms with Crippen molar-refractivity contribution in [1.29, 1.82) is 0 Å². The summed E-state index contributed by atoms with van der Waals surface area (Å²) in [6.45, 7) is 8.76. The van der Waals surface area contributed by atoms with Crippen molar-refractivity contribution in [3.8, 4) is 11.5 Å². The standard InChI is InChI=1S/C47H54ClN7O7S/c1-47(2)18-14-33(41(27-47)31-4-6-34(48)7-5-31)28-53-22-23-54(29-37(53)30-56)36-8-11-40(45(25-36)62-38-9-12-42-32(24-38)15-19-49-42)46(57)51-63(60,61)39-10-13-43(44(26-39)55(58)59)50-35-16-20-52(3)21-17-35/h4-13,15,19,24-26,35,37,49-50,56H,14,16-18,20-23,27-30H2,1-3H3,(H,51,57). The Morgan fingerprint density at radius 2 is 1.78 bits per heavy atom. The number of nitro groups is 1. The van der Waals surface area contributed by atoms with Gasteiger partial charge in [-0.2, -0.15) is 0 Å². The van der Waals surface area contributed by atoms with Crippen molar-refractivity contribution in [1.82, 2.24) is 19.5 Å². The molecule has 2 saturated heterocycles. The number of allylic oxidation sites excluding steroid dienone is 1. The number of nitrogens with one attached hydrogen (secondary N) is 3. The highest BCUT2D eigenvalue weighted by Crippen LogP contribution is 2.44. The molecule has 1 aromatic heterocycles.